The highest BCUT2D eigenvalue weighted by atomic mass is 16.5. The van der Waals surface area contributed by atoms with Gasteiger partial charge in [0.05, 0.1) is 19.5 Å². The van der Waals surface area contributed by atoms with Crippen LogP contribution in [0, 0.1) is 6.92 Å². The molecule has 6 nitrogen and oxygen atoms in total. The molecular formula is C20H20N4O2. The van der Waals surface area contributed by atoms with Crippen molar-refractivity contribution in [3.8, 4) is 5.75 Å². The number of benzene rings is 2. The molecule has 0 saturated heterocycles. The first kappa shape index (κ1) is 17.4. The van der Waals surface area contributed by atoms with Crippen molar-refractivity contribution < 1.29 is 9.53 Å². The Labute approximate surface area is 152 Å². The van der Waals surface area contributed by atoms with Gasteiger partial charge in [0.15, 0.2) is 0 Å². The Morgan fingerprint density at radius 1 is 1.08 bits per heavy atom. The number of nitrogens with one attached hydrogen (secondary N) is 2. The van der Waals surface area contributed by atoms with Crippen LogP contribution in [0.3, 0.4) is 0 Å². The smallest absolute Gasteiger partial charge is 0.271 e. The van der Waals surface area contributed by atoms with Crippen molar-refractivity contribution in [2.75, 3.05) is 12.4 Å². The summed E-state index contributed by atoms with van der Waals surface area (Å²) >= 11 is 0. The second-order valence-corrected chi connectivity index (χ2v) is 5.82. The number of aryl methyl sites for hydroxylation is 1. The number of hydrogen-bond donors (Lipinski definition) is 2. The third-order valence-electron chi connectivity index (χ3n) is 3.76. The van der Waals surface area contributed by atoms with E-state index >= 15 is 0 Å². The molecule has 3 aromatic rings. The fraction of sp³-hybridized carbons (Fsp3) is 0.150. The van der Waals surface area contributed by atoms with Crippen molar-refractivity contribution in [3.05, 3.63) is 77.7 Å². The maximum atomic E-state index is 12.2. The number of anilines is 2. The normalized spacial score (nSPS) is 10.2. The molecule has 0 aliphatic carbocycles. The second-order valence-electron chi connectivity index (χ2n) is 5.82. The van der Waals surface area contributed by atoms with Crippen LogP contribution in [0.5, 0.6) is 5.75 Å². The summed E-state index contributed by atoms with van der Waals surface area (Å²) < 4.78 is 5.18. The molecule has 0 aliphatic rings. The van der Waals surface area contributed by atoms with E-state index < -0.39 is 0 Å². The lowest BCUT2D eigenvalue weighted by molar-refractivity contribution is 0.0945. The van der Waals surface area contributed by atoms with Crippen LogP contribution in [0.1, 0.15) is 21.6 Å². The minimum atomic E-state index is -0.257. The fourth-order valence-corrected chi connectivity index (χ4v) is 2.45. The zero-order valence-electron chi connectivity index (χ0n) is 14.7. The van der Waals surface area contributed by atoms with Gasteiger partial charge in [-0.2, -0.15) is 0 Å². The first-order chi connectivity index (χ1) is 12.6. The SMILES string of the molecule is COc1cccc(Nc2cnc(C(=O)NCc3cccc(C)c3)cn2)c1. The standard InChI is InChI=1S/C20H20N4O2/c1-14-5-3-6-15(9-14)11-23-20(25)18-12-22-19(13-21-18)24-16-7-4-8-17(10-16)26-2/h3-10,12-13H,11H2,1-2H3,(H,22,24)(H,23,25). The number of ether oxygens (including phenoxy) is 1. The Morgan fingerprint density at radius 3 is 2.65 bits per heavy atom. The van der Waals surface area contributed by atoms with E-state index in [-0.39, 0.29) is 11.6 Å². The number of rotatable bonds is 6. The Balaban J connectivity index is 1.60. The minimum Gasteiger partial charge on any atom is -0.497 e. The molecule has 0 bridgehead atoms. The van der Waals surface area contributed by atoms with Crippen LogP contribution in [-0.4, -0.2) is 23.0 Å². The molecule has 0 unspecified atom stereocenters. The number of nitrogens with zero attached hydrogens (tertiary/aromatic N) is 2. The van der Waals surface area contributed by atoms with Gasteiger partial charge in [-0.1, -0.05) is 35.9 Å². The van der Waals surface area contributed by atoms with Gasteiger partial charge in [0.25, 0.3) is 5.91 Å². The van der Waals surface area contributed by atoms with Crippen molar-refractivity contribution in [1.29, 1.82) is 0 Å². The number of carbonyl (C=O) groups excluding carboxylic acids is 1. The molecule has 1 amide bonds. The van der Waals surface area contributed by atoms with Gasteiger partial charge in [-0.15, -0.1) is 0 Å². The summed E-state index contributed by atoms with van der Waals surface area (Å²) in [6, 6.07) is 15.5. The molecule has 6 heteroatoms. The number of carbonyl (C=O) groups is 1. The summed E-state index contributed by atoms with van der Waals surface area (Å²) in [4.78, 5) is 20.6. The molecule has 0 fully saturated rings. The van der Waals surface area contributed by atoms with Gasteiger partial charge in [-0.3, -0.25) is 4.79 Å². The first-order valence-corrected chi connectivity index (χ1v) is 8.21. The van der Waals surface area contributed by atoms with E-state index in [0.717, 1.165) is 22.6 Å². The van der Waals surface area contributed by atoms with Gasteiger partial charge in [0.2, 0.25) is 0 Å². The molecule has 1 heterocycles. The van der Waals surface area contributed by atoms with Crippen molar-refractivity contribution >= 4 is 17.4 Å². The van der Waals surface area contributed by atoms with Gasteiger partial charge >= 0.3 is 0 Å². The lowest BCUT2D eigenvalue weighted by atomic mass is 10.1. The Kier molecular flexibility index (Phi) is 5.43. The molecule has 0 radical (unpaired) electrons. The summed E-state index contributed by atoms with van der Waals surface area (Å²) in [7, 11) is 1.61. The van der Waals surface area contributed by atoms with Crippen LogP contribution >= 0.6 is 0 Å². The van der Waals surface area contributed by atoms with Crippen LogP contribution in [0.2, 0.25) is 0 Å². The highest BCUT2D eigenvalue weighted by molar-refractivity contribution is 5.92. The van der Waals surface area contributed by atoms with Crippen molar-refractivity contribution in [2.24, 2.45) is 0 Å². The molecular weight excluding hydrogens is 328 g/mol. The minimum absolute atomic E-state index is 0.257. The number of methoxy groups -OCH3 is 1. The van der Waals surface area contributed by atoms with Crippen molar-refractivity contribution in [3.63, 3.8) is 0 Å². The zero-order chi connectivity index (χ0) is 18.4. The Hall–Kier alpha value is -3.41. The monoisotopic (exact) mass is 348 g/mol. The van der Waals surface area contributed by atoms with Gasteiger partial charge in [-0.25, -0.2) is 9.97 Å². The molecule has 0 atom stereocenters. The van der Waals surface area contributed by atoms with Gasteiger partial charge in [-0.05, 0) is 24.6 Å². The molecule has 0 aliphatic heterocycles. The Morgan fingerprint density at radius 2 is 1.92 bits per heavy atom. The van der Waals surface area contributed by atoms with Gasteiger partial charge in [0, 0.05) is 18.3 Å². The summed E-state index contributed by atoms with van der Waals surface area (Å²) in [5.74, 6) is 1.04. The summed E-state index contributed by atoms with van der Waals surface area (Å²) in [6.07, 6.45) is 2.98. The van der Waals surface area contributed by atoms with Gasteiger partial charge < -0.3 is 15.4 Å². The molecule has 0 saturated carbocycles. The third-order valence-corrected chi connectivity index (χ3v) is 3.76. The highest BCUT2D eigenvalue weighted by Crippen LogP contribution is 2.19. The highest BCUT2D eigenvalue weighted by Gasteiger charge is 2.08. The Bertz CT molecular complexity index is 894. The lowest BCUT2D eigenvalue weighted by Gasteiger charge is -2.08. The van der Waals surface area contributed by atoms with E-state index in [4.69, 9.17) is 4.74 Å². The van der Waals surface area contributed by atoms with Crippen molar-refractivity contribution in [1.82, 2.24) is 15.3 Å². The van der Waals surface area contributed by atoms with Crippen LogP contribution < -0.4 is 15.4 Å². The summed E-state index contributed by atoms with van der Waals surface area (Å²) in [5.41, 5.74) is 3.30. The third kappa shape index (κ3) is 4.57. The molecule has 0 spiro atoms. The molecule has 2 N–H and O–H groups in total. The van der Waals surface area contributed by atoms with Crippen LogP contribution in [0.15, 0.2) is 60.9 Å². The molecule has 3 rings (SSSR count). The average molecular weight is 348 g/mol. The van der Waals surface area contributed by atoms with Crippen molar-refractivity contribution in [2.45, 2.75) is 13.5 Å². The second kappa shape index (κ2) is 8.11. The van der Waals surface area contributed by atoms with E-state index in [1.807, 2.05) is 55.5 Å². The zero-order valence-corrected chi connectivity index (χ0v) is 14.7. The fourth-order valence-electron chi connectivity index (χ4n) is 2.45. The molecule has 2 aromatic carbocycles. The van der Waals surface area contributed by atoms with E-state index in [9.17, 15) is 4.79 Å². The maximum Gasteiger partial charge on any atom is 0.271 e. The topological polar surface area (TPSA) is 76.1 Å². The average Bonchev–Trinajstić information content (AvgIpc) is 2.67. The van der Waals surface area contributed by atoms with E-state index in [1.54, 1.807) is 7.11 Å². The van der Waals surface area contributed by atoms with Crippen LogP contribution in [0.4, 0.5) is 11.5 Å². The van der Waals surface area contributed by atoms with Gasteiger partial charge in [0.1, 0.15) is 17.3 Å². The predicted molar refractivity (Wildman–Crippen MR) is 101 cm³/mol. The first-order valence-electron chi connectivity index (χ1n) is 8.21. The van der Waals surface area contributed by atoms with E-state index in [2.05, 4.69) is 20.6 Å². The number of hydrogen-bond acceptors (Lipinski definition) is 5. The molecule has 26 heavy (non-hydrogen) atoms. The summed E-state index contributed by atoms with van der Waals surface area (Å²) in [5, 5.41) is 5.97. The van der Waals surface area contributed by atoms with E-state index in [1.165, 1.54) is 12.4 Å². The summed E-state index contributed by atoms with van der Waals surface area (Å²) in [6.45, 7) is 2.47. The quantitative estimate of drug-likeness (QED) is 0.713. The van der Waals surface area contributed by atoms with Crippen LogP contribution in [0.25, 0.3) is 0 Å². The lowest BCUT2D eigenvalue weighted by Crippen LogP contribution is -2.24. The number of amides is 1. The van der Waals surface area contributed by atoms with Crippen LogP contribution in [-0.2, 0) is 6.54 Å². The van der Waals surface area contributed by atoms with E-state index in [0.29, 0.717) is 12.4 Å². The largest absolute Gasteiger partial charge is 0.497 e. The predicted octanol–water partition coefficient (Wildman–Crippen LogP) is 3.47. The molecule has 1 aromatic heterocycles. The number of aromatic nitrogens is 2. The molecule has 132 valence electrons. The maximum absolute atomic E-state index is 12.2.